The van der Waals surface area contributed by atoms with Crippen LogP contribution in [0, 0.1) is 5.92 Å². The summed E-state index contributed by atoms with van der Waals surface area (Å²) in [6.07, 6.45) is 3.82. The summed E-state index contributed by atoms with van der Waals surface area (Å²) in [7, 11) is 0. The smallest absolute Gasteiger partial charge is 0.255 e. The number of fused-ring (bicyclic) bond motifs is 1. The number of nitrogens with one attached hydrogen (secondary N) is 2. The number of rotatable bonds is 4. The molecule has 7 heteroatoms. The Balaban J connectivity index is 1.84. The van der Waals surface area contributed by atoms with Gasteiger partial charge in [0.25, 0.3) is 5.91 Å². The summed E-state index contributed by atoms with van der Waals surface area (Å²) >= 11 is 0. The molecule has 1 amide bonds. The Kier molecular flexibility index (Phi) is 3.92. The fraction of sp³-hybridized carbons (Fsp3) is 0.250. The zero-order valence-corrected chi connectivity index (χ0v) is 12.9. The van der Waals surface area contributed by atoms with Crippen LogP contribution in [0.1, 0.15) is 29.9 Å². The number of nitrogens with zero attached hydrogens (tertiary/aromatic N) is 3. The molecule has 118 valence electrons. The van der Waals surface area contributed by atoms with Crippen LogP contribution in [-0.2, 0) is 6.42 Å². The molecule has 2 N–H and O–H groups in total. The van der Waals surface area contributed by atoms with Crippen molar-refractivity contribution in [3.63, 3.8) is 0 Å². The van der Waals surface area contributed by atoms with Crippen molar-refractivity contribution < 1.29 is 4.79 Å². The summed E-state index contributed by atoms with van der Waals surface area (Å²) in [6.45, 7) is 4.11. The summed E-state index contributed by atoms with van der Waals surface area (Å²) in [5.41, 5.74) is 2.09. The second-order valence-electron chi connectivity index (χ2n) is 5.79. The van der Waals surface area contributed by atoms with E-state index >= 15 is 0 Å². The summed E-state index contributed by atoms with van der Waals surface area (Å²) in [5.74, 6) is 0.0549. The molecule has 0 fully saturated rings. The number of pyridine rings is 2. The zero-order chi connectivity index (χ0) is 16.4. The molecule has 3 aromatic rings. The first-order valence-electron chi connectivity index (χ1n) is 7.35. The van der Waals surface area contributed by atoms with E-state index in [-0.39, 0.29) is 11.5 Å². The maximum absolute atomic E-state index is 12.4. The van der Waals surface area contributed by atoms with Crippen LogP contribution in [0.15, 0.2) is 41.6 Å². The van der Waals surface area contributed by atoms with E-state index in [1.807, 2.05) is 0 Å². The fourth-order valence-electron chi connectivity index (χ4n) is 2.38. The van der Waals surface area contributed by atoms with Crippen LogP contribution in [0.5, 0.6) is 0 Å². The fourth-order valence-corrected chi connectivity index (χ4v) is 2.38. The molecule has 0 aromatic carbocycles. The predicted molar refractivity (Wildman–Crippen MR) is 86.5 cm³/mol. The van der Waals surface area contributed by atoms with E-state index in [2.05, 4.69) is 34.2 Å². The molecule has 0 atom stereocenters. The normalized spacial score (nSPS) is 11.1. The lowest BCUT2D eigenvalue weighted by Gasteiger charge is -2.08. The molecule has 23 heavy (non-hydrogen) atoms. The topological polar surface area (TPSA) is 92.2 Å². The minimum Gasteiger partial charge on any atom is -0.326 e. The summed E-state index contributed by atoms with van der Waals surface area (Å²) < 4.78 is 1.57. The van der Waals surface area contributed by atoms with E-state index in [0.717, 1.165) is 5.69 Å². The van der Waals surface area contributed by atoms with Crippen LogP contribution < -0.4 is 10.9 Å². The highest BCUT2D eigenvalue weighted by Gasteiger charge is 2.10. The molecule has 7 nitrogen and oxygen atoms in total. The molecule has 0 saturated heterocycles. The number of hydrogen-bond donors (Lipinski definition) is 2. The van der Waals surface area contributed by atoms with E-state index in [0.29, 0.717) is 29.2 Å². The Labute approximate surface area is 132 Å². The van der Waals surface area contributed by atoms with Crippen LogP contribution in [0.25, 0.3) is 5.65 Å². The molecule has 0 unspecified atom stereocenters. The van der Waals surface area contributed by atoms with E-state index in [1.165, 1.54) is 12.4 Å². The van der Waals surface area contributed by atoms with Crippen molar-refractivity contribution in [3.05, 3.63) is 58.4 Å². The Morgan fingerprint density at radius 2 is 2.17 bits per heavy atom. The van der Waals surface area contributed by atoms with Gasteiger partial charge in [0.1, 0.15) is 6.33 Å². The van der Waals surface area contributed by atoms with Crippen molar-refractivity contribution >= 4 is 17.2 Å². The maximum Gasteiger partial charge on any atom is 0.255 e. The van der Waals surface area contributed by atoms with Gasteiger partial charge in [0.2, 0.25) is 5.56 Å². The third-order valence-electron chi connectivity index (χ3n) is 3.32. The first-order chi connectivity index (χ1) is 11.0. The van der Waals surface area contributed by atoms with Crippen LogP contribution in [0.4, 0.5) is 5.69 Å². The van der Waals surface area contributed by atoms with Gasteiger partial charge in [0, 0.05) is 17.3 Å². The van der Waals surface area contributed by atoms with Crippen LogP contribution in [-0.4, -0.2) is 25.5 Å². The average Bonchev–Trinajstić information content (AvgIpc) is 2.93. The minimum absolute atomic E-state index is 0.278. The zero-order valence-electron chi connectivity index (χ0n) is 12.9. The van der Waals surface area contributed by atoms with E-state index < -0.39 is 0 Å². The van der Waals surface area contributed by atoms with Gasteiger partial charge >= 0.3 is 0 Å². The Morgan fingerprint density at radius 1 is 1.35 bits per heavy atom. The first kappa shape index (κ1) is 15.0. The number of aromatic amines is 1. The number of carbonyl (C=O) groups excluding carboxylic acids is 1. The van der Waals surface area contributed by atoms with Crippen molar-refractivity contribution in [1.29, 1.82) is 0 Å². The minimum atomic E-state index is -0.333. The quantitative estimate of drug-likeness (QED) is 0.769. The lowest BCUT2D eigenvalue weighted by molar-refractivity contribution is 0.102. The molecule has 3 aromatic heterocycles. The second-order valence-corrected chi connectivity index (χ2v) is 5.79. The maximum atomic E-state index is 12.4. The van der Waals surface area contributed by atoms with E-state index in [1.54, 1.807) is 28.9 Å². The molecule has 0 saturated carbocycles. The molecule has 0 bridgehead atoms. The lowest BCUT2D eigenvalue weighted by Crippen LogP contribution is -2.18. The summed E-state index contributed by atoms with van der Waals surface area (Å²) in [5, 5.41) is 6.79. The van der Waals surface area contributed by atoms with Crippen molar-refractivity contribution in [1.82, 2.24) is 19.6 Å². The van der Waals surface area contributed by atoms with Crippen molar-refractivity contribution in [3.8, 4) is 0 Å². The highest BCUT2D eigenvalue weighted by atomic mass is 16.2. The van der Waals surface area contributed by atoms with Gasteiger partial charge in [-0.05, 0) is 30.5 Å². The SMILES string of the molecule is CC(C)Cc1cc(C(=O)Nc2ccc3ncnn3c2)cc(=O)[nH]1. The molecule has 0 spiro atoms. The van der Waals surface area contributed by atoms with Crippen molar-refractivity contribution in [2.75, 3.05) is 5.32 Å². The van der Waals surface area contributed by atoms with Crippen LogP contribution >= 0.6 is 0 Å². The van der Waals surface area contributed by atoms with Crippen molar-refractivity contribution in [2.24, 2.45) is 5.92 Å². The standard InChI is InChI=1S/C16H17N5O2/c1-10(2)5-13-6-11(7-15(22)19-13)16(23)20-12-3-4-14-17-9-18-21(14)8-12/h3-4,6-10H,5H2,1-2H3,(H,19,22)(H,20,23). The van der Waals surface area contributed by atoms with Gasteiger partial charge < -0.3 is 10.3 Å². The third kappa shape index (κ3) is 3.45. The van der Waals surface area contributed by atoms with Gasteiger partial charge in [-0.15, -0.1) is 0 Å². The van der Waals surface area contributed by atoms with Gasteiger partial charge in [-0.25, -0.2) is 9.50 Å². The third-order valence-corrected chi connectivity index (χ3v) is 3.32. The van der Waals surface area contributed by atoms with E-state index in [9.17, 15) is 9.59 Å². The molecule has 0 aliphatic heterocycles. The number of amides is 1. The monoisotopic (exact) mass is 311 g/mol. The molecule has 0 aliphatic rings. The lowest BCUT2D eigenvalue weighted by atomic mass is 10.1. The molecule has 0 radical (unpaired) electrons. The second kappa shape index (κ2) is 6.04. The van der Waals surface area contributed by atoms with Gasteiger partial charge in [-0.3, -0.25) is 9.59 Å². The van der Waals surface area contributed by atoms with Gasteiger partial charge in [-0.1, -0.05) is 13.8 Å². The van der Waals surface area contributed by atoms with Crippen molar-refractivity contribution in [2.45, 2.75) is 20.3 Å². The molecular formula is C16H17N5O2. The van der Waals surface area contributed by atoms with Gasteiger partial charge in [0.15, 0.2) is 5.65 Å². The number of aromatic nitrogens is 4. The molecule has 0 aliphatic carbocycles. The van der Waals surface area contributed by atoms with Crippen LogP contribution in [0.2, 0.25) is 0 Å². The number of H-pyrrole nitrogens is 1. The summed E-state index contributed by atoms with van der Waals surface area (Å²) in [6, 6.07) is 6.51. The number of carbonyl (C=O) groups is 1. The van der Waals surface area contributed by atoms with Gasteiger partial charge in [0.05, 0.1) is 11.9 Å². The number of hydrogen-bond acceptors (Lipinski definition) is 4. The highest BCUT2D eigenvalue weighted by molar-refractivity contribution is 6.04. The molecule has 3 rings (SSSR count). The largest absolute Gasteiger partial charge is 0.326 e. The van der Waals surface area contributed by atoms with Crippen LogP contribution in [0.3, 0.4) is 0 Å². The Hall–Kier alpha value is -2.96. The summed E-state index contributed by atoms with van der Waals surface area (Å²) in [4.78, 5) is 30.9. The van der Waals surface area contributed by atoms with E-state index in [4.69, 9.17) is 0 Å². The highest BCUT2D eigenvalue weighted by Crippen LogP contribution is 2.11. The predicted octanol–water partition coefficient (Wildman–Crippen LogP) is 1.87. The molecule has 3 heterocycles. The Morgan fingerprint density at radius 3 is 2.96 bits per heavy atom. The Bertz CT molecular complexity index is 910. The number of anilines is 1. The first-order valence-corrected chi connectivity index (χ1v) is 7.35. The van der Waals surface area contributed by atoms with Gasteiger partial charge in [-0.2, -0.15) is 5.10 Å². The average molecular weight is 311 g/mol. The molecular weight excluding hydrogens is 294 g/mol.